The van der Waals surface area contributed by atoms with Gasteiger partial charge >= 0.3 is 11.9 Å². The highest BCUT2D eigenvalue weighted by Crippen LogP contribution is 2.09. The van der Waals surface area contributed by atoms with E-state index in [-0.39, 0.29) is 54.7 Å². The van der Waals surface area contributed by atoms with Crippen LogP contribution in [0.15, 0.2) is 0 Å². The highest BCUT2D eigenvalue weighted by molar-refractivity contribution is 7.80. The van der Waals surface area contributed by atoms with Crippen molar-refractivity contribution in [1.82, 2.24) is 4.90 Å². The Morgan fingerprint density at radius 2 is 1.22 bits per heavy atom. The zero-order valence-electron chi connectivity index (χ0n) is 42.1. The largest absolute Gasteiger partial charge is 0.481 e. The third-order valence-corrected chi connectivity index (χ3v) is 8.37. The quantitative estimate of drug-likeness (QED) is 0.0304. The summed E-state index contributed by atoms with van der Waals surface area (Å²) in [4.78, 5) is 112. The molecule has 1 aliphatic heterocycles. The summed E-state index contributed by atoms with van der Waals surface area (Å²) < 4.78 is 0. The number of carbonyl (C=O) groups is 11. The van der Waals surface area contributed by atoms with E-state index in [9.17, 15) is 52.7 Å². The van der Waals surface area contributed by atoms with E-state index in [0.717, 1.165) is 49.7 Å². The van der Waals surface area contributed by atoms with Crippen LogP contribution in [0.25, 0.3) is 0 Å². The molecule has 20 nitrogen and oxygen atoms in total. The molecule has 0 aromatic rings. The summed E-state index contributed by atoms with van der Waals surface area (Å²) in [5, 5.41) is 16.5. The highest BCUT2D eigenvalue weighted by atomic mass is 32.1. The first-order valence-electron chi connectivity index (χ1n) is 22.3. The number of likely N-dealkylation sites (tertiary alicyclic amines) is 1. The summed E-state index contributed by atoms with van der Waals surface area (Å²) in [6.45, 7) is 19.5. The molecular formula is C45H91N7O13S2. The minimum Gasteiger partial charge on any atom is -0.481 e. The van der Waals surface area contributed by atoms with E-state index < -0.39 is 36.0 Å². The van der Waals surface area contributed by atoms with Gasteiger partial charge in [-0.05, 0) is 57.7 Å². The van der Waals surface area contributed by atoms with Gasteiger partial charge in [-0.3, -0.25) is 33.7 Å². The topological polar surface area (TPSA) is 388 Å². The van der Waals surface area contributed by atoms with E-state index in [4.69, 9.17) is 44.6 Å². The lowest BCUT2D eigenvalue weighted by Gasteiger charge is -2.08. The van der Waals surface area contributed by atoms with Gasteiger partial charge in [-0.1, -0.05) is 80.6 Å². The predicted molar refractivity (Wildman–Crippen MR) is 272 cm³/mol. The van der Waals surface area contributed by atoms with Crippen molar-refractivity contribution in [3.05, 3.63) is 0 Å². The standard InChI is InChI=1S/C7H14O2.C6H8N2O3.C6H13NO2.2C6H12O.C4H9NO.C4H8OS.C3H8N2O.C3H7NOS/c1-2-3-4-5-6-7(8)9;7-4-3-5(10)8(1-2-9)6(4)11;1-2-3-4-5(7)6(8)9;1-5(2)6(3)4-7;1-5(2)4-6(3)7;1-4(6)2-3-5;1-4(5)2-3-6;4-1-3(5)2-6;4-3(1-5)2-6/h2-6H2,1H3,(H,8,9);2,4H,1,3,7H2;5H,2-4,7H2,1H3,(H,8,9);4-6H,1-3H3;5H,4H2,1-3H3;2-3,5H2,1H3;6H,2-3H2,1H3;2-3H,1,4-5H2;1,3,6H,2,4H2. The zero-order valence-corrected chi connectivity index (χ0v) is 43.9. The number of ketones is 3. The van der Waals surface area contributed by atoms with E-state index in [2.05, 4.69) is 32.2 Å². The molecule has 0 radical (unpaired) electrons. The van der Waals surface area contributed by atoms with Crippen molar-refractivity contribution in [1.29, 1.82) is 0 Å². The Labute approximate surface area is 411 Å². The number of carboxylic acids is 2. The average molecular weight is 1000 g/mol. The van der Waals surface area contributed by atoms with Crippen molar-refractivity contribution in [2.24, 2.45) is 52.2 Å². The van der Waals surface area contributed by atoms with E-state index >= 15 is 0 Å². The van der Waals surface area contributed by atoms with Gasteiger partial charge in [-0.25, -0.2) is 0 Å². The minimum absolute atomic E-state index is 0.0205. The molecule has 396 valence electrons. The van der Waals surface area contributed by atoms with Crippen LogP contribution in [0.5, 0.6) is 0 Å². The Morgan fingerprint density at radius 1 is 0.731 bits per heavy atom. The number of carbonyl (C=O) groups excluding carboxylic acids is 9. The molecule has 0 bridgehead atoms. The third kappa shape index (κ3) is 79.7. The van der Waals surface area contributed by atoms with Gasteiger partial charge in [0, 0.05) is 43.9 Å². The van der Waals surface area contributed by atoms with Gasteiger partial charge < -0.3 is 68.6 Å². The summed E-state index contributed by atoms with van der Waals surface area (Å²) in [7, 11) is 0. The molecule has 1 aliphatic rings. The second kappa shape index (κ2) is 60.2. The van der Waals surface area contributed by atoms with E-state index in [0.29, 0.717) is 74.4 Å². The fourth-order valence-electron chi connectivity index (χ4n) is 3.42. The first-order valence-corrected chi connectivity index (χ1v) is 23.6. The number of aldehydes is 4. The van der Waals surface area contributed by atoms with Gasteiger partial charge in [0.2, 0.25) is 11.8 Å². The summed E-state index contributed by atoms with van der Waals surface area (Å²) in [5.41, 5.74) is 30.4. The number of carboxylic acid groups (broad SMARTS) is 2. The molecule has 1 saturated heterocycles. The van der Waals surface area contributed by atoms with E-state index in [1.54, 1.807) is 13.8 Å². The molecule has 14 N–H and O–H groups in total. The molecule has 0 aromatic carbocycles. The van der Waals surface area contributed by atoms with Crippen molar-refractivity contribution in [3.63, 3.8) is 0 Å². The number of hydrogen-bond acceptors (Lipinski definition) is 19. The molecule has 22 heteroatoms. The van der Waals surface area contributed by atoms with Crippen LogP contribution in [-0.2, 0) is 52.7 Å². The summed E-state index contributed by atoms with van der Waals surface area (Å²) in [6.07, 6.45) is 11.7. The second-order valence-electron chi connectivity index (χ2n) is 15.6. The fraction of sp³-hybridized carbons (Fsp3) is 0.756. The lowest BCUT2D eigenvalue weighted by molar-refractivity contribution is -0.140. The number of Topliss-reactive ketones (excluding diaryl/α,β-unsaturated/α-hetero) is 3. The molecule has 1 fully saturated rings. The zero-order chi connectivity index (χ0) is 54.5. The van der Waals surface area contributed by atoms with Gasteiger partial charge in [0.1, 0.15) is 48.5 Å². The van der Waals surface area contributed by atoms with Crippen molar-refractivity contribution in [2.75, 3.05) is 31.1 Å². The van der Waals surface area contributed by atoms with Gasteiger partial charge in [-0.2, -0.15) is 25.3 Å². The first-order chi connectivity index (χ1) is 31.1. The van der Waals surface area contributed by atoms with Gasteiger partial charge in [-0.15, -0.1) is 0 Å². The molecule has 2 amide bonds. The van der Waals surface area contributed by atoms with Gasteiger partial charge in [0.25, 0.3) is 0 Å². The van der Waals surface area contributed by atoms with Gasteiger partial charge in [0.15, 0.2) is 0 Å². The van der Waals surface area contributed by atoms with E-state index in [1.807, 2.05) is 41.5 Å². The molecular weight excluding hydrogens is 911 g/mol. The number of rotatable bonds is 23. The maximum Gasteiger partial charge on any atom is 0.320 e. The number of thiol groups is 2. The van der Waals surface area contributed by atoms with Crippen LogP contribution >= 0.6 is 25.3 Å². The first kappa shape index (κ1) is 80.3. The number of imide groups is 1. The van der Waals surface area contributed by atoms with Crippen molar-refractivity contribution >= 4 is 91.5 Å². The van der Waals surface area contributed by atoms with Crippen molar-refractivity contribution in [3.8, 4) is 0 Å². The number of amides is 2. The number of hydrogen-bond donors (Lipinski definition) is 10. The van der Waals surface area contributed by atoms with Gasteiger partial charge in [0.05, 0.1) is 31.1 Å². The van der Waals surface area contributed by atoms with Crippen LogP contribution in [0.3, 0.4) is 0 Å². The third-order valence-electron chi connectivity index (χ3n) is 7.72. The lowest BCUT2D eigenvalue weighted by Crippen LogP contribution is -2.36. The van der Waals surface area contributed by atoms with Crippen LogP contribution < -0.4 is 34.4 Å². The van der Waals surface area contributed by atoms with E-state index in [1.165, 1.54) is 13.3 Å². The van der Waals surface area contributed by atoms with Crippen LogP contribution in [0.1, 0.15) is 146 Å². The molecule has 5 atom stereocenters. The molecule has 1 heterocycles. The van der Waals surface area contributed by atoms with Crippen LogP contribution in [0.2, 0.25) is 0 Å². The number of nitrogens with two attached hydrogens (primary N) is 6. The Hall–Kier alpha value is -3.77. The summed E-state index contributed by atoms with van der Waals surface area (Å²) in [5.74, 6) is 0.623. The smallest absolute Gasteiger partial charge is 0.320 e. The molecule has 67 heavy (non-hydrogen) atoms. The Balaban J connectivity index is -0.0000000983. The molecule has 0 aliphatic carbocycles. The Bertz CT molecular complexity index is 1270. The lowest BCUT2D eigenvalue weighted by atomic mass is 10.0. The highest BCUT2D eigenvalue weighted by Gasteiger charge is 2.35. The second-order valence-corrected chi connectivity index (χ2v) is 16.4. The molecule has 0 saturated carbocycles. The number of nitrogens with zero attached hydrogens (tertiary/aromatic N) is 1. The van der Waals surface area contributed by atoms with Crippen LogP contribution in [-0.4, -0.2) is 137 Å². The normalized spacial score (nSPS) is 13.5. The van der Waals surface area contributed by atoms with Crippen LogP contribution in [0, 0.1) is 17.8 Å². The van der Waals surface area contributed by atoms with Crippen LogP contribution in [0.4, 0.5) is 0 Å². The molecule has 0 aromatic heterocycles. The monoisotopic (exact) mass is 1000 g/mol. The average Bonchev–Trinajstić information content (AvgIpc) is 3.50. The minimum atomic E-state index is -0.900. The Kier molecular flexibility index (Phi) is 72.2. The maximum absolute atomic E-state index is 10.9. The summed E-state index contributed by atoms with van der Waals surface area (Å²) >= 11 is 7.58. The predicted octanol–water partition coefficient (Wildman–Crippen LogP) is 2.73. The molecule has 1 rings (SSSR count). The molecule has 5 unspecified atom stereocenters. The SMILES string of the molecule is CC(=O)CC(C)C.CC(=O)CCN.CC(=O)CCS.CC(C)C(C)C=O.CCCCC(N)C(=O)O.CCCCCCC(=O)O.NC(C=O)CS.NC1CC(=O)N(CC=O)C1=O.NCC(N)C=O. The fourth-order valence-corrected chi connectivity index (χ4v) is 3.82. The maximum atomic E-state index is 10.9. The Morgan fingerprint density at radius 3 is 1.39 bits per heavy atom. The van der Waals surface area contributed by atoms with Crippen molar-refractivity contribution < 1.29 is 63.0 Å². The number of unbranched alkanes of at least 4 members (excludes halogenated alkanes) is 4. The summed E-state index contributed by atoms with van der Waals surface area (Å²) in [6, 6.07) is -2.26. The van der Waals surface area contributed by atoms with Crippen molar-refractivity contribution in [2.45, 2.75) is 170 Å². The number of aliphatic carboxylic acids is 2. The molecule has 0 spiro atoms.